The van der Waals surface area contributed by atoms with Crippen molar-refractivity contribution in [3.63, 3.8) is 0 Å². The highest BCUT2D eigenvalue weighted by molar-refractivity contribution is 7.33. The lowest BCUT2D eigenvalue weighted by atomic mass is 9.36. The second kappa shape index (κ2) is 15.2. The number of aryl methyl sites for hydroxylation is 1. The molecule has 0 bridgehead atoms. The van der Waals surface area contributed by atoms with Crippen LogP contribution in [0.25, 0.3) is 21.2 Å². The van der Waals surface area contributed by atoms with E-state index < -0.39 is 0 Å². The Bertz CT molecular complexity index is 3320. The molecule has 0 fully saturated rings. The lowest BCUT2D eigenvalue weighted by molar-refractivity contribution is 0.494. The highest BCUT2D eigenvalue weighted by Gasteiger charge is 2.46. The Morgan fingerprint density at radius 3 is 1.71 bits per heavy atom. The van der Waals surface area contributed by atoms with Gasteiger partial charge in [0, 0.05) is 54.3 Å². The molecule has 3 heterocycles. The summed E-state index contributed by atoms with van der Waals surface area (Å²) < 4.78 is 9.88. The van der Waals surface area contributed by atoms with Crippen LogP contribution in [0.1, 0.15) is 136 Å². The first-order valence-corrected chi connectivity index (χ1v) is 25.8. The lowest BCUT2D eigenvalue weighted by Gasteiger charge is -2.41. The van der Waals surface area contributed by atoms with Crippen LogP contribution < -0.4 is 30.2 Å². The number of fused-ring (bicyclic) bond motifs is 9. The van der Waals surface area contributed by atoms with Gasteiger partial charge < -0.3 is 14.5 Å². The summed E-state index contributed by atoms with van der Waals surface area (Å²) in [6.07, 6.45) is 0. The number of ether oxygens (including phenoxy) is 1. The Morgan fingerprint density at radius 2 is 1.10 bits per heavy atom. The van der Waals surface area contributed by atoms with E-state index in [9.17, 15) is 0 Å². The molecule has 11 rings (SSSR count). The smallest absolute Gasteiger partial charge is 0.268 e. The zero-order chi connectivity index (χ0) is 48.9. The molecular weight excluding hydrogens is 856 g/mol. The van der Waals surface area contributed by atoms with Crippen LogP contribution in [-0.2, 0) is 27.1 Å². The van der Waals surface area contributed by atoms with Gasteiger partial charge in [0.25, 0.3) is 6.71 Å². The van der Waals surface area contributed by atoms with E-state index >= 15 is 0 Å². The third-order valence-electron chi connectivity index (χ3n) is 15.4. The normalized spacial score (nSPS) is 14.8. The summed E-state index contributed by atoms with van der Waals surface area (Å²) in [6, 6.07) is 51.7. The molecule has 0 atom stereocenters. The van der Waals surface area contributed by atoms with Gasteiger partial charge in [-0.05, 0) is 151 Å². The molecular formula is C64H67BN2OS. The number of thiophene rings is 1. The largest absolute Gasteiger partial charge is 0.457 e. The summed E-state index contributed by atoms with van der Waals surface area (Å²) in [7, 11) is 0. The molecule has 3 nitrogen and oxygen atoms in total. The number of rotatable bonds is 4. The molecule has 0 amide bonds. The van der Waals surface area contributed by atoms with Crippen molar-refractivity contribution in [1.29, 1.82) is 0 Å². The molecule has 1 aromatic heterocycles. The minimum atomic E-state index is -0.265. The Hall–Kier alpha value is -6.04. The maximum absolute atomic E-state index is 7.32. The van der Waals surface area contributed by atoms with Crippen LogP contribution in [0.15, 0.2) is 133 Å². The van der Waals surface area contributed by atoms with E-state index in [1.165, 1.54) is 92.9 Å². The van der Waals surface area contributed by atoms with E-state index in [2.05, 4.69) is 247 Å². The number of benzene rings is 7. The third kappa shape index (κ3) is 7.28. The van der Waals surface area contributed by atoms with Gasteiger partial charge in [0.2, 0.25) is 0 Å². The van der Waals surface area contributed by atoms with Crippen LogP contribution in [-0.4, -0.2) is 6.71 Å². The van der Waals surface area contributed by atoms with Crippen molar-refractivity contribution in [2.45, 2.75) is 131 Å². The maximum Gasteiger partial charge on any atom is 0.268 e. The second-order valence-electron chi connectivity index (χ2n) is 24.8. The summed E-state index contributed by atoms with van der Waals surface area (Å²) in [5.41, 5.74) is 21.0. The SMILES string of the molecule is Cc1cc2c3c(c1)N(c1cc(N(c4ccc(C(C)(C)C)cc4)c4ccc(C(C)(C)C)cc4)cc4c1-c1ccccc1C4(C)C)c1ccc(C(C)(C)C)cc1B3c1sc3ccc(C(C)(C)C)cc3c1O2. The van der Waals surface area contributed by atoms with E-state index in [0.717, 1.165) is 28.6 Å². The van der Waals surface area contributed by atoms with Gasteiger partial charge in [-0.15, -0.1) is 11.3 Å². The van der Waals surface area contributed by atoms with E-state index in [0.29, 0.717) is 0 Å². The molecule has 0 radical (unpaired) electrons. The van der Waals surface area contributed by atoms with Gasteiger partial charge in [0.15, 0.2) is 0 Å². The fourth-order valence-electron chi connectivity index (χ4n) is 11.3. The van der Waals surface area contributed by atoms with E-state index in [1.54, 1.807) is 0 Å². The topological polar surface area (TPSA) is 15.7 Å². The average Bonchev–Trinajstić information content (AvgIpc) is 3.76. The molecule has 69 heavy (non-hydrogen) atoms. The standard InChI is InChI=1S/C64H67BN2OS/c1-38-32-53-57-54(33-38)68-58-47-34-41(62(8,9)10)25-31-55(47)69-59(58)65(57)50-35-42(63(11,12)13)24-30-51(50)67(53)52-37-45(36-49-56(52)46-18-16-17-19-48(46)64(49,14)15)66(43-26-20-39(21-27-43)60(2,3)4)44-28-22-40(23-29-44)61(5,6)7/h16-37H,1-15H3. The molecule has 1 aliphatic carbocycles. The van der Waals surface area contributed by atoms with Crippen LogP contribution >= 0.6 is 11.3 Å². The molecule has 7 aromatic carbocycles. The van der Waals surface area contributed by atoms with Crippen LogP contribution in [0.4, 0.5) is 34.1 Å². The van der Waals surface area contributed by atoms with Crippen molar-refractivity contribution in [1.82, 2.24) is 0 Å². The Morgan fingerprint density at radius 1 is 0.536 bits per heavy atom. The molecule has 5 heteroatoms. The minimum absolute atomic E-state index is 0.00232. The van der Waals surface area contributed by atoms with Crippen LogP contribution in [0.2, 0.25) is 0 Å². The Kier molecular flexibility index (Phi) is 10.0. The predicted molar refractivity (Wildman–Crippen MR) is 299 cm³/mol. The zero-order valence-electron chi connectivity index (χ0n) is 43.5. The van der Waals surface area contributed by atoms with E-state index in [-0.39, 0.29) is 33.8 Å². The monoisotopic (exact) mass is 923 g/mol. The first-order valence-electron chi connectivity index (χ1n) is 25.0. The molecule has 0 saturated heterocycles. The summed E-state index contributed by atoms with van der Waals surface area (Å²) >= 11 is 1.90. The van der Waals surface area contributed by atoms with Gasteiger partial charge in [0.05, 0.1) is 5.69 Å². The lowest BCUT2D eigenvalue weighted by Crippen LogP contribution is -2.58. The van der Waals surface area contributed by atoms with Gasteiger partial charge in [0.1, 0.15) is 11.5 Å². The van der Waals surface area contributed by atoms with Crippen molar-refractivity contribution in [2.24, 2.45) is 0 Å². The van der Waals surface area contributed by atoms with Gasteiger partial charge in [-0.3, -0.25) is 0 Å². The summed E-state index contributed by atoms with van der Waals surface area (Å²) in [5, 5.41) is 1.21. The second-order valence-corrected chi connectivity index (χ2v) is 25.9. The molecule has 8 aromatic rings. The van der Waals surface area contributed by atoms with Gasteiger partial charge in [-0.25, -0.2) is 0 Å². The Labute approximate surface area is 416 Å². The van der Waals surface area contributed by atoms with Crippen molar-refractivity contribution in [3.05, 3.63) is 172 Å². The molecule has 2 aliphatic heterocycles. The van der Waals surface area contributed by atoms with Gasteiger partial charge >= 0.3 is 0 Å². The fraction of sp³-hybridized carbons (Fsp3) is 0.312. The number of hydrogen-bond acceptors (Lipinski definition) is 4. The predicted octanol–water partition coefficient (Wildman–Crippen LogP) is 16.6. The molecule has 3 aliphatic rings. The first kappa shape index (κ1) is 45.4. The molecule has 348 valence electrons. The quantitative estimate of drug-likeness (QED) is 0.164. The fourth-order valence-corrected chi connectivity index (χ4v) is 12.5. The van der Waals surface area contributed by atoms with E-state index in [1.807, 2.05) is 11.3 Å². The molecule has 0 unspecified atom stereocenters. The van der Waals surface area contributed by atoms with Gasteiger partial charge in [-0.2, -0.15) is 0 Å². The Balaban J connectivity index is 1.22. The van der Waals surface area contributed by atoms with Crippen molar-refractivity contribution in [2.75, 3.05) is 9.80 Å². The average molecular weight is 923 g/mol. The third-order valence-corrected chi connectivity index (χ3v) is 16.6. The minimum Gasteiger partial charge on any atom is -0.457 e. The van der Waals surface area contributed by atoms with Crippen LogP contribution in [0, 0.1) is 6.92 Å². The van der Waals surface area contributed by atoms with Crippen LogP contribution in [0.5, 0.6) is 11.5 Å². The van der Waals surface area contributed by atoms with E-state index in [4.69, 9.17) is 4.74 Å². The van der Waals surface area contributed by atoms with Crippen molar-refractivity contribution >= 4 is 78.0 Å². The number of hydrogen-bond donors (Lipinski definition) is 0. The van der Waals surface area contributed by atoms with Gasteiger partial charge in [-0.1, -0.05) is 164 Å². The number of nitrogens with zero attached hydrogens (tertiary/aromatic N) is 2. The van der Waals surface area contributed by atoms with Crippen LogP contribution in [0.3, 0.4) is 0 Å². The first-order chi connectivity index (χ1) is 32.4. The molecule has 0 saturated carbocycles. The summed E-state index contributed by atoms with van der Waals surface area (Å²) in [6.45, 7) is 34.7. The zero-order valence-corrected chi connectivity index (χ0v) is 44.3. The van der Waals surface area contributed by atoms with Crippen molar-refractivity contribution in [3.8, 4) is 22.6 Å². The number of anilines is 6. The highest BCUT2D eigenvalue weighted by Crippen LogP contribution is 2.57. The molecule has 0 spiro atoms. The molecule has 0 N–H and O–H groups in total. The summed E-state index contributed by atoms with van der Waals surface area (Å²) in [5.74, 6) is 1.97. The summed E-state index contributed by atoms with van der Waals surface area (Å²) in [4.78, 5) is 5.11. The maximum atomic E-state index is 7.32. The highest BCUT2D eigenvalue weighted by atomic mass is 32.1. The van der Waals surface area contributed by atoms with Crippen molar-refractivity contribution < 1.29 is 4.74 Å².